The summed E-state index contributed by atoms with van der Waals surface area (Å²) in [6.07, 6.45) is -0.202. The van der Waals surface area contributed by atoms with Crippen LogP contribution in [0.25, 0.3) is 10.9 Å². The van der Waals surface area contributed by atoms with Crippen LogP contribution in [0.5, 0.6) is 0 Å². The Hall–Kier alpha value is -2.79. The summed E-state index contributed by atoms with van der Waals surface area (Å²) < 4.78 is 0. The molecule has 2 amide bonds. The fourth-order valence-electron chi connectivity index (χ4n) is 4.58. The number of aromatic amines is 1. The van der Waals surface area contributed by atoms with Crippen molar-refractivity contribution in [1.29, 1.82) is 0 Å². The van der Waals surface area contributed by atoms with Gasteiger partial charge in [-0.2, -0.15) is 0 Å². The fourth-order valence-corrected chi connectivity index (χ4v) is 4.58. The molecule has 3 heterocycles. The number of aliphatic hydroxyl groups excluding tert-OH is 1. The van der Waals surface area contributed by atoms with Crippen LogP contribution in [0.2, 0.25) is 0 Å². The molecule has 0 radical (unpaired) electrons. The maximum atomic E-state index is 13.2. The average Bonchev–Trinajstić information content (AvgIpc) is 3.13. The van der Waals surface area contributed by atoms with Crippen LogP contribution in [-0.4, -0.2) is 33.3 Å². The molecule has 2 aliphatic rings. The predicted molar refractivity (Wildman–Crippen MR) is 101 cm³/mol. The lowest BCUT2D eigenvalue weighted by atomic mass is 9.93. The molecule has 5 heteroatoms. The second-order valence-corrected chi connectivity index (χ2v) is 7.27. The highest BCUT2D eigenvalue weighted by Gasteiger charge is 2.51. The van der Waals surface area contributed by atoms with E-state index in [1.807, 2.05) is 55.1 Å². The summed E-state index contributed by atoms with van der Waals surface area (Å²) >= 11 is 0. The van der Waals surface area contributed by atoms with Crippen molar-refractivity contribution in [1.82, 2.24) is 9.88 Å². The molecule has 0 spiro atoms. The van der Waals surface area contributed by atoms with E-state index in [0.29, 0.717) is 6.42 Å². The van der Waals surface area contributed by atoms with Crippen molar-refractivity contribution >= 4 is 22.6 Å². The maximum absolute atomic E-state index is 13.2. The number of nitrogens with one attached hydrogen (secondary N) is 1. The molecule has 0 aliphatic carbocycles. The number of hydrogen-bond acceptors (Lipinski definition) is 2. The summed E-state index contributed by atoms with van der Waals surface area (Å²) in [6.45, 7) is 4.00. The number of para-hydroxylation sites is 2. The Bertz CT molecular complexity index is 1030. The number of anilines is 1. The van der Waals surface area contributed by atoms with Crippen molar-refractivity contribution in [2.24, 2.45) is 0 Å². The molecule has 2 aromatic carbocycles. The smallest absolute Gasteiger partial charge is 0.327 e. The number of urea groups is 1. The van der Waals surface area contributed by atoms with Gasteiger partial charge in [0.15, 0.2) is 6.23 Å². The third kappa shape index (κ3) is 1.92. The lowest BCUT2D eigenvalue weighted by Crippen LogP contribution is -2.43. The molecule has 2 aliphatic heterocycles. The van der Waals surface area contributed by atoms with Crippen LogP contribution in [0.15, 0.2) is 48.5 Å². The average molecular weight is 347 g/mol. The molecule has 3 unspecified atom stereocenters. The second kappa shape index (κ2) is 5.35. The summed E-state index contributed by atoms with van der Waals surface area (Å²) in [4.78, 5) is 20.1. The highest BCUT2D eigenvalue weighted by molar-refractivity contribution is 5.97. The van der Waals surface area contributed by atoms with E-state index in [9.17, 15) is 9.90 Å². The summed E-state index contributed by atoms with van der Waals surface area (Å²) in [5.41, 5.74) is 5.14. The zero-order valence-electron chi connectivity index (χ0n) is 14.8. The number of nitrogens with zero attached hydrogens (tertiary/aromatic N) is 2. The van der Waals surface area contributed by atoms with E-state index >= 15 is 0 Å². The largest absolute Gasteiger partial charge is 0.371 e. The number of rotatable bonds is 1. The van der Waals surface area contributed by atoms with Crippen molar-refractivity contribution in [2.75, 3.05) is 4.90 Å². The number of amides is 2. The summed E-state index contributed by atoms with van der Waals surface area (Å²) in [5.74, 6) is 0. The number of fused-ring (bicyclic) bond motifs is 4. The number of carbonyl (C=O) groups excluding carboxylic acids is 1. The lowest BCUT2D eigenvalue weighted by Gasteiger charge is -2.35. The topological polar surface area (TPSA) is 59.6 Å². The van der Waals surface area contributed by atoms with E-state index in [4.69, 9.17) is 0 Å². The minimum absolute atomic E-state index is 0.104. The first-order valence-corrected chi connectivity index (χ1v) is 9.02. The number of aryl methyl sites for hydroxylation is 1. The van der Waals surface area contributed by atoms with Gasteiger partial charge < -0.3 is 15.0 Å². The zero-order chi connectivity index (χ0) is 18.0. The predicted octanol–water partition coefficient (Wildman–Crippen LogP) is 3.72. The van der Waals surface area contributed by atoms with Gasteiger partial charge in [0.2, 0.25) is 0 Å². The van der Waals surface area contributed by atoms with Gasteiger partial charge in [-0.25, -0.2) is 4.79 Å². The monoisotopic (exact) mass is 347 g/mol. The Labute approximate surface area is 151 Å². The molecule has 26 heavy (non-hydrogen) atoms. The van der Waals surface area contributed by atoms with Gasteiger partial charge in [-0.1, -0.05) is 36.4 Å². The molecule has 132 valence electrons. The van der Waals surface area contributed by atoms with Crippen molar-refractivity contribution in [3.8, 4) is 0 Å². The molecule has 0 bridgehead atoms. The van der Waals surface area contributed by atoms with Gasteiger partial charge in [-0.3, -0.25) is 4.90 Å². The third-order valence-electron chi connectivity index (χ3n) is 5.86. The van der Waals surface area contributed by atoms with Crippen LogP contribution >= 0.6 is 0 Å². The van der Waals surface area contributed by atoms with E-state index in [1.54, 1.807) is 4.90 Å². The Kier molecular flexibility index (Phi) is 3.18. The minimum atomic E-state index is -0.854. The Balaban J connectivity index is 1.61. The molecule has 0 saturated carbocycles. The number of benzene rings is 2. The van der Waals surface area contributed by atoms with E-state index < -0.39 is 6.23 Å². The minimum Gasteiger partial charge on any atom is -0.371 e. The molecule has 2 N–H and O–H groups in total. The fraction of sp³-hybridized carbons (Fsp3) is 0.286. The van der Waals surface area contributed by atoms with Gasteiger partial charge in [0.05, 0.1) is 17.8 Å². The first kappa shape index (κ1) is 15.5. The number of hydrogen-bond donors (Lipinski definition) is 2. The number of aliphatic hydroxyl groups is 1. The normalized spacial score (nSPS) is 24.9. The first-order chi connectivity index (χ1) is 12.6. The van der Waals surface area contributed by atoms with E-state index in [2.05, 4.69) is 17.1 Å². The summed E-state index contributed by atoms with van der Waals surface area (Å²) in [5, 5.41) is 12.2. The molecule has 3 atom stereocenters. The van der Waals surface area contributed by atoms with Gasteiger partial charge in [0.25, 0.3) is 0 Å². The first-order valence-electron chi connectivity index (χ1n) is 9.02. The van der Waals surface area contributed by atoms with Crippen LogP contribution < -0.4 is 4.90 Å². The van der Waals surface area contributed by atoms with Gasteiger partial charge >= 0.3 is 6.03 Å². The van der Waals surface area contributed by atoms with Crippen molar-refractivity contribution in [2.45, 2.75) is 38.6 Å². The molecular formula is C21H21N3O2. The lowest BCUT2D eigenvalue weighted by molar-refractivity contribution is 0.0935. The van der Waals surface area contributed by atoms with Crippen molar-refractivity contribution < 1.29 is 9.90 Å². The van der Waals surface area contributed by atoms with Crippen molar-refractivity contribution in [3.05, 3.63) is 65.4 Å². The molecule has 1 fully saturated rings. The summed E-state index contributed by atoms with van der Waals surface area (Å²) in [6, 6.07) is 15.4. The Morgan fingerprint density at radius 1 is 1.12 bits per heavy atom. The van der Waals surface area contributed by atoms with Crippen LogP contribution in [0.1, 0.15) is 29.8 Å². The molecule has 1 saturated heterocycles. The van der Waals surface area contributed by atoms with Gasteiger partial charge in [-0.05, 0) is 43.5 Å². The van der Waals surface area contributed by atoms with Crippen LogP contribution in [0.4, 0.5) is 10.5 Å². The quantitative estimate of drug-likeness (QED) is 0.705. The molecule has 1 aromatic heterocycles. The van der Waals surface area contributed by atoms with Crippen LogP contribution in [0.3, 0.4) is 0 Å². The second-order valence-electron chi connectivity index (χ2n) is 7.27. The Morgan fingerprint density at radius 3 is 2.65 bits per heavy atom. The van der Waals surface area contributed by atoms with Gasteiger partial charge in [0, 0.05) is 16.6 Å². The number of aromatic nitrogens is 1. The number of H-pyrrole nitrogens is 1. The zero-order valence-corrected chi connectivity index (χ0v) is 14.8. The highest BCUT2D eigenvalue weighted by atomic mass is 16.3. The standard InChI is InChI=1S/C21H21N3O2/c1-12-7-3-6-10-17(12)24-20(25)18-11-15-14-8-4-5-9-16(14)22-19(15)13(2)23(18)21(24)26/h3-10,13,18,20,22,25H,11H2,1-2H3. The van der Waals surface area contributed by atoms with E-state index in [-0.39, 0.29) is 18.1 Å². The third-order valence-corrected chi connectivity index (χ3v) is 5.86. The highest BCUT2D eigenvalue weighted by Crippen LogP contribution is 2.43. The summed E-state index contributed by atoms with van der Waals surface area (Å²) in [7, 11) is 0. The maximum Gasteiger partial charge on any atom is 0.327 e. The molecule has 5 nitrogen and oxygen atoms in total. The number of carbonyl (C=O) groups is 1. The SMILES string of the molecule is Cc1ccccc1N1C(=O)N2C(C)c3[nH]c4ccccc4c3CC2C1O. The van der Waals surface area contributed by atoms with E-state index in [1.165, 1.54) is 10.9 Å². The van der Waals surface area contributed by atoms with Crippen molar-refractivity contribution in [3.63, 3.8) is 0 Å². The molecule has 3 aromatic rings. The van der Waals surface area contributed by atoms with E-state index in [0.717, 1.165) is 22.5 Å². The van der Waals surface area contributed by atoms with Crippen LogP contribution in [0, 0.1) is 6.92 Å². The molecular weight excluding hydrogens is 326 g/mol. The Morgan fingerprint density at radius 2 is 1.85 bits per heavy atom. The van der Waals surface area contributed by atoms with Crippen LogP contribution in [-0.2, 0) is 6.42 Å². The van der Waals surface area contributed by atoms with Gasteiger partial charge in [-0.15, -0.1) is 0 Å². The van der Waals surface area contributed by atoms with Gasteiger partial charge in [0.1, 0.15) is 0 Å². The molecule has 5 rings (SSSR count).